The number of phenolic OH excluding ortho intramolecular Hbond substituents is 1. The van der Waals surface area contributed by atoms with E-state index in [4.69, 9.17) is 4.42 Å². The fraction of sp³-hybridized carbons (Fsp3) is 0. The molecule has 0 radical (unpaired) electrons. The van der Waals surface area contributed by atoms with Crippen LogP contribution in [0.5, 0.6) is 5.75 Å². The Morgan fingerprint density at radius 1 is 0.885 bits per heavy atom. The van der Waals surface area contributed by atoms with E-state index < -0.39 is 0 Å². The van der Waals surface area contributed by atoms with Gasteiger partial charge in [0.25, 0.3) is 0 Å². The maximum atomic E-state index is 11.9. The van der Waals surface area contributed by atoms with E-state index in [-0.39, 0.29) is 10.7 Å². The van der Waals surface area contributed by atoms with Crippen LogP contribution in [0.1, 0.15) is 0 Å². The monoisotopic (exact) mass is 376 g/mol. The second-order valence-electron chi connectivity index (χ2n) is 5.95. The Hall–Kier alpha value is -2.76. The Balaban J connectivity index is 1.76. The van der Waals surface area contributed by atoms with E-state index in [1.165, 1.54) is 11.8 Å². The van der Waals surface area contributed by atoms with Crippen LogP contribution in [0.25, 0.3) is 31.8 Å². The summed E-state index contributed by atoms with van der Waals surface area (Å²) in [4.78, 5) is 13.2. The van der Waals surface area contributed by atoms with Gasteiger partial charge in [-0.15, -0.1) is 0 Å². The molecule has 126 valence electrons. The average Bonchev–Trinajstić information content (AvgIpc) is 3.07. The van der Waals surface area contributed by atoms with E-state index in [0.717, 1.165) is 32.4 Å². The highest BCUT2D eigenvalue weighted by Gasteiger charge is 2.19. The molecule has 0 aliphatic carbocycles. The fourth-order valence-corrected chi connectivity index (χ4v) is 5.09. The lowest BCUT2D eigenvalue weighted by Gasteiger charge is -2.10. The quantitative estimate of drug-likeness (QED) is 0.409. The molecule has 0 atom stereocenters. The summed E-state index contributed by atoms with van der Waals surface area (Å²) >= 11 is 2.48. The van der Waals surface area contributed by atoms with Crippen molar-refractivity contribution in [3.63, 3.8) is 0 Å². The summed E-state index contributed by atoms with van der Waals surface area (Å²) in [6.07, 6.45) is 0. The third-order valence-electron chi connectivity index (χ3n) is 4.37. The highest BCUT2D eigenvalue weighted by atomic mass is 32.2. The van der Waals surface area contributed by atoms with Crippen molar-refractivity contribution in [2.24, 2.45) is 0 Å². The predicted octanol–water partition coefficient (Wildman–Crippen LogP) is 6.02. The standard InChI is InChI=1S/C21H12O3S2/c22-17-15-7-3-4-8-16(15)18-20(26-21(23)24-18)19(17)25-14-10-9-12-5-1-2-6-13(12)11-14/h1-11,22H. The number of hydrogen-bond acceptors (Lipinski definition) is 5. The minimum absolute atomic E-state index is 0.184. The molecule has 0 aliphatic heterocycles. The molecule has 0 aliphatic rings. The molecule has 1 N–H and O–H groups in total. The molecule has 0 bridgehead atoms. The zero-order chi connectivity index (χ0) is 17.7. The average molecular weight is 376 g/mol. The number of benzene rings is 4. The van der Waals surface area contributed by atoms with Crippen molar-refractivity contribution in [1.82, 2.24) is 0 Å². The van der Waals surface area contributed by atoms with Crippen molar-refractivity contribution in [1.29, 1.82) is 0 Å². The molecule has 4 aromatic carbocycles. The van der Waals surface area contributed by atoms with Crippen LogP contribution < -0.4 is 4.94 Å². The maximum Gasteiger partial charge on any atom is 0.396 e. The molecule has 0 saturated heterocycles. The third-order valence-corrected chi connectivity index (χ3v) is 6.43. The summed E-state index contributed by atoms with van der Waals surface area (Å²) in [5.41, 5.74) is 0.539. The zero-order valence-corrected chi connectivity index (χ0v) is 15.1. The van der Waals surface area contributed by atoms with E-state index in [2.05, 4.69) is 24.3 Å². The van der Waals surface area contributed by atoms with Crippen molar-refractivity contribution in [3.05, 3.63) is 76.5 Å². The topological polar surface area (TPSA) is 50.4 Å². The lowest BCUT2D eigenvalue weighted by atomic mass is 10.1. The summed E-state index contributed by atoms with van der Waals surface area (Å²) in [6.45, 7) is 0. The van der Waals surface area contributed by atoms with Gasteiger partial charge in [0.05, 0.1) is 9.60 Å². The van der Waals surface area contributed by atoms with E-state index in [1.807, 2.05) is 42.5 Å². The van der Waals surface area contributed by atoms with Gasteiger partial charge < -0.3 is 9.52 Å². The smallest absolute Gasteiger partial charge is 0.396 e. The van der Waals surface area contributed by atoms with Crippen molar-refractivity contribution in [2.75, 3.05) is 0 Å². The molecule has 0 fully saturated rings. The van der Waals surface area contributed by atoms with Gasteiger partial charge in [-0.25, -0.2) is 4.79 Å². The van der Waals surface area contributed by atoms with E-state index >= 15 is 0 Å². The first-order valence-electron chi connectivity index (χ1n) is 8.05. The maximum absolute atomic E-state index is 11.9. The van der Waals surface area contributed by atoms with Gasteiger partial charge in [-0.05, 0) is 22.9 Å². The SMILES string of the molecule is O=c1oc2c(s1)c(Sc1ccc3ccccc3c1)c(O)c1ccccc12. The Morgan fingerprint density at radius 2 is 1.62 bits per heavy atom. The minimum atomic E-state index is -0.365. The van der Waals surface area contributed by atoms with Gasteiger partial charge >= 0.3 is 4.94 Å². The summed E-state index contributed by atoms with van der Waals surface area (Å²) in [5, 5.41) is 14.6. The second kappa shape index (κ2) is 5.90. The minimum Gasteiger partial charge on any atom is -0.506 e. The lowest BCUT2D eigenvalue weighted by Crippen LogP contribution is -1.82. The summed E-state index contributed by atoms with van der Waals surface area (Å²) in [7, 11) is 0. The normalized spacial score (nSPS) is 11.5. The van der Waals surface area contributed by atoms with Gasteiger partial charge in [0.2, 0.25) is 0 Å². The molecule has 5 rings (SSSR count). The molecule has 0 amide bonds. The Kier molecular flexibility index (Phi) is 3.51. The Morgan fingerprint density at radius 3 is 2.46 bits per heavy atom. The van der Waals surface area contributed by atoms with E-state index in [9.17, 15) is 9.90 Å². The molecule has 1 aromatic heterocycles. The summed E-state index contributed by atoms with van der Waals surface area (Å²) in [5.74, 6) is 0.184. The molecule has 26 heavy (non-hydrogen) atoms. The van der Waals surface area contributed by atoms with Gasteiger partial charge in [0.15, 0.2) is 5.58 Å². The number of hydrogen-bond donors (Lipinski definition) is 1. The molecular formula is C21H12O3S2. The molecule has 0 spiro atoms. The summed E-state index contributed by atoms with van der Waals surface area (Å²) < 4.78 is 6.11. The third kappa shape index (κ3) is 2.40. The number of fused-ring (bicyclic) bond motifs is 4. The molecule has 1 heterocycles. The van der Waals surface area contributed by atoms with Gasteiger partial charge in [0, 0.05) is 15.7 Å². The first kappa shape index (κ1) is 15.5. The van der Waals surface area contributed by atoms with Crippen molar-refractivity contribution in [3.8, 4) is 5.75 Å². The zero-order valence-electron chi connectivity index (χ0n) is 13.4. The second-order valence-corrected chi connectivity index (χ2v) is 7.98. The van der Waals surface area contributed by atoms with Crippen LogP contribution in [-0.2, 0) is 0 Å². The largest absolute Gasteiger partial charge is 0.506 e. The van der Waals surface area contributed by atoms with Crippen LogP contribution in [-0.4, -0.2) is 5.11 Å². The Labute approximate surface area is 156 Å². The number of phenols is 1. The molecule has 3 nitrogen and oxygen atoms in total. The van der Waals surface area contributed by atoms with E-state index in [1.54, 1.807) is 0 Å². The molecule has 0 saturated carbocycles. The molecule has 0 unspecified atom stereocenters. The van der Waals surface area contributed by atoms with E-state index in [0.29, 0.717) is 20.6 Å². The van der Waals surface area contributed by atoms with Crippen LogP contribution in [0.3, 0.4) is 0 Å². The highest BCUT2D eigenvalue weighted by Crippen LogP contribution is 2.46. The van der Waals surface area contributed by atoms with Gasteiger partial charge in [0.1, 0.15) is 5.75 Å². The van der Waals surface area contributed by atoms with Gasteiger partial charge in [-0.1, -0.05) is 77.7 Å². The van der Waals surface area contributed by atoms with Crippen LogP contribution >= 0.6 is 23.1 Å². The van der Waals surface area contributed by atoms with Gasteiger partial charge in [-0.3, -0.25) is 0 Å². The lowest BCUT2D eigenvalue weighted by molar-refractivity contribution is 0.470. The van der Waals surface area contributed by atoms with Crippen molar-refractivity contribution >= 4 is 54.9 Å². The van der Waals surface area contributed by atoms with Crippen molar-refractivity contribution in [2.45, 2.75) is 9.79 Å². The summed E-state index contributed by atoms with van der Waals surface area (Å²) in [6, 6.07) is 21.7. The first-order chi connectivity index (χ1) is 12.7. The van der Waals surface area contributed by atoms with Crippen LogP contribution in [0.2, 0.25) is 0 Å². The molecular weight excluding hydrogens is 364 g/mol. The van der Waals surface area contributed by atoms with Crippen LogP contribution in [0, 0.1) is 0 Å². The molecule has 5 heteroatoms. The van der Waals surface area contributed by atoms with Gasteiger partial charge in [-0.2, -0.15) is 0 Å². The molecule has 5 aromatic rings. The first-order valence-corrected chi connectivity index (χ1v) is 9.68. The highest BCUT2D eigenvalue weighted by molar-refractivity contribution is 7.99. The van der Waals surface area contributed by atoms with Crippen LogP contribution in [0.4, 0.5) is 0 Å². The fourth-order valence-electron chi connectivity index (χ4n) is 3.17. The van der Waals surface area contributed by atoms with Crippen LogP contribution in [0.15, 0.2) is 85.7 Å². The van der Waals surface area contributed by atoms with Crippen molar-refractivity contribution < 1.29 is 9.52 Å². The predicted molar refractivity (Wildman–Crippen MR) is 108 cm³/mol. The Bertz CT molecular complexity index is 1350. The number of rotatable bonds is 2. The number of aromatic hydroxyl groups is 1.